The van der Waals surface area contributed by atoms with Gasteiger partial charge < -0.3 is 0 Å². The molecule has 2 heterocycles. The fourth-order valence-electron chi connectivity index (χ4n) is 2.59. The monoisotopic (exact) mass is 367 g/mol. The van der Waals surface area contributed by atoms with Crippen LogP contribution in [0.1, 0.15) is 19.8 Å². The number of aromatic nitrogens is 3. The van der Waals surface area contributed by atoms with Crippen molar-refractivity contribution >= 4 is 26.5 Å². The normalized spacial score (nSPS) is 13.1. The van der Waals surface area contributed by atoms with Gasteiger partial charge in [-0.1, -0.05) is 0 Å². The quantitative estimate of drug-likeness (QED) is 0.645. The lowest BCUT2D eigenvalue weighted by molar-refractivity contribution is -0.115. The van der Waals surface area contributed by atoms with Crippen LogP contribution < -0.4 is 0 Å². The second-order valence-electron chi connectivity index (χ2n) is 5.72. The molecule has 0 bridgehead atoms. The Labute approximate surface area is 151 Å². The molecule has 1 unspecified atom stereocenters. The Morgan fingerprint density at radius 2 is 2.23 bits per heavy atom. The fraction of sp³-hybridized carbons (Fsp3) is 0.222. The van der Waals surface area contributed by atoms with Gasteiger partial charge in [-0.15, -0.1) is 0 Å². The van der Waals surface area contributed by atoms with Gasteiger partial charge in [0.05, 0.1) is 33.2 Å². The van der Waals surface area contributed by atoms with E-state index in [9.17, 15) is 9.00 Å². The topological polar surface area (TPSA) is 101 Å². The van der Waals surface area contributed by atoms with Crippen LogP contribution in [0.3, 0.4) is 0 Å². The zero-order valence-corrected chi connectivity index (χ0v) is 15.0. The van der Waals surface area contributed by atoms with Crippen LogP contribution in [-0.2, 0) is 14.5 Å². The summed E-state index contributed by atoms with van der Waals surface area (Å²) < 4.78 is 18.8. The first-order valence-electron chi connectivity index (χ1n) is 8.04. The standard InChI is InChI=1S/C18H17N5O2S/c1-14(24)22-26(25,10-3-2-8-19)17-6-7-18-15(11-17)13-23(21-18)16-5-4-9-20-12-16/h4-7,9,11-13H,2-3,10H2,1H3. The van der Waals surface area contributed by atoms with Crippen molar-refractivity contribution in [2.24, 2.45) is 4.36 Å². The van der Waals surface area contributed by atoms with E-state index in [4.69, 9.17) is 5.26 Å². The summed E-state index contributed by atoms with van der Waals surface area (Å²) >= 11 is 0. The molecule has 3 rings (SSSR count). The third kappa shape index (κ3) is 3.78. The molecule has 0 fully saturated rings. The number of fused-ring (bicyclic) bond motifs is 1. The summed E-state index contributed by atoms with van der Waals surface area (Å²) in [4.78, 5) is 16.0. The minimum Gasteiger partial charge on any atom is -0.272 e. The van der Waals surface area contributed by atoms with Crippen LogP contribution in [0.2, 0.25) is 0 Å². The van der Waals surface area contributed by atoms with Gasteiger partial charge in [0, 0.05) is 41.8 Å². The maximum absolute atomic E-state index is 13.3. The number of hydrogen-bond acceptors (Lipinski definition) is 5. The van der Waals surface area contributed by atoms with E-state index in [0.717, 1.165) is 16.6 Å². The van der Waals surface area contributed by atoms with E-state index in [1.54, 1.807) is 35.3 Å². The molecule has 0 aliphatic rings. The Hall–Kier alpha value is -3.05. The van der Waals surface area contributed by atoms with Gasteiger partial charge in [-0.05, 0) is 36.8 Å². The minimum atomic E-state index is -2.91. The van der Waals surface area contributed by atoms with E-state index >= 15 is 0 Å². The Morgan fingerprint density at radius 3 is 2.92 bits per heavy atom. The third-order valence-electron chi connectivity index (χ3n) is 3.74. The highest BCUT2D eigenvalue weighted by Crippen LogP contribution is 2.23. The van der Waals surface area contributed by atoms with Crippen molar-refractivity contribution in [3.05, 3.63) is 48.9 Å². The second kappa shape index (κ2) is 7.45. The third-order valence-corrected chi connectivity index (χ3v) is 6.12. The Morgan fingerprint density at radius 1 is 1.38 bits per heavy atom. The summed E-state index contributed by atoms with van der Waals surface area (Å²) in [7, 11) is -2.91. The maximum atomic E-state index is 13.3. The van der Waals surface area contributed by atoms with Crippen molar-refractivity contribution in [2.75, 3.05) is 5.75 Å². The summed E-state index contributed by atoms with van der Waals surface area (Å²) in [6.07, 6.45) is 5.89. The highest BCUT2D eigenvalue weighted by Gasteiger charge is 2.16. The van der Waals surface area contributed by atoms with Gasteiger partial charge in [0.15, 0.2) is 0 Å². The Balaban J connectivity index is 2.05. The van der Waals surface area contributed by atoms with Gasteiger partial charge in [-0.3, -0.25) is 9.78 Å². The summed E-state index contributed by atoms with van der Waals surface area (Å²) in [6, 6.07) is 10.9. The van der Waals surface area contributed by atoms with Crippen molar-refractivity contribution in [2.45, 2.75) is 24.7 Å². The van der Waals surface area contributed by atoms with Crippen LogP contribution in [0.4, 0.5) is 0 Å². The molecule has 26 heavy (non-hydrogen) atoms. The first-order chi connectivity index (χ1) is 12.5. The second-order valence-corrected chi connectivity index (χ2v) is 8.07. The molecule has 1 amide bonds. The molecule has 3 aromatic rings. The van der Waals surface area contributed by atoms with Gasteiger partial charge >= 0.3 is 0 Å². The fourth-order valence-corrected chi connectivity index (χ4v) is 4.57. The van der Waals surface area contributed by atoms with E-state index < -0.39 is 15.6 Å². The van der Waals surface area contributed by atoms with E-state index in [0.29, 0.717) is 11.3 Å². The van der Waals surface area contributed by atoms with Crippen LogP contribution in [0.5, 0.6) is 0 Å². The first kappa shape index (κ1) is 17.8. The van der Waals surface area contributed by atoms with E-state index in [-0.39, 0.29) is 12.2 Å². The van der Waals surface area contributed by atoms with Gasteiger partial charge in [0.25, 0.3) is 5.91 Å². The van der Waals surface area contributed by atoms with Crippen LogP contribution in [0.15, 0.2) is 58.2 Å². The molecule has 0 N–H and O–H groups in total. The van der Waals surface area contributed by atoms with Gasteiger partial charge in [-0.2, -0.15) is 14.7 Å². The lowest BCUT2D eigenvalue weighted by Crippen LogP contribution is -2.09. The predicted octanol–water partition coefficient (Wildman–Crippen LogP) is 3.10. The first-order valence-corrected chi connectivity index (χ1v) is 9.72. The van der Waals surface area contributed by atoms with Crippen molar-refractivity contribution in [3.8, 4) is 11.8 Å². The van der Waals surface area contributed by atoms with Crippen molar-refractivity contribution in [1.82, 2.24) is 14.8 Å². The molecule has 2 aromatic heterocycles. The van der Waals surface area contributed by atoms with E-state index in [1.807, 2.05) is 24.4 Å². The van der Waals surface area contributed by atoms with Gasteiger partial charge in [-0.25, -0.2) is 8.89 Å². The summed E-state index contributed by atoms with van der Waals surface area (Å²) in [5, 5.41) is 14.0. The Kier molecular flexibility index (Phi) is 5.09. The molecule has 0 aliphatic heterocycles. The molecule has 7 nitrogen and oxygen atoms in total. The number of amides is 1. The van der Waals surface area contributed by atoms with Gasteiger partial charge in [0.1, 0.15) is 0 Å². The molecule has 0 saturated heterocycles. The zero-order chi connectivity index (χ0) is 18.6. The molecule has 0 saturated carbocycles. The van der Waals surface area contributed by atoms with Crippen molar-refractivity contribution < 1.29 is 9.00 Å². The van der Waals surface area contributed by atoms with E-state index in [2.05, 4.69) is 14.4 Å². The van der Waals surface area contributed by atoms with Crippen molar-refractivity contribution in [3.63, 3.8) is 0 Å². The molecule has 0 radical (unpaired) electrons. The number of carbonyl (C=O) groups excluding carboxylic acids is 1. The lowest BCUT2D eigenvalue weighted by Gasteiger charge is -2.08. The molecule has 0 aliphatic carbocycles. The van der Waals surface area contributed by atoms with Crippen LogP contribution in [0, 0.1) is 11.3 Å². The summed E-state index contributed by atoms with van der Waals surface area (Å²) in [5.74, 6) is -0.319. The molecule has 0 spiro atoms. The molecule has 132 valence electrons. The van der Waals surface area contributed by atoms with E-state index in [1.165, 1.54) is 6.92 Å². The molecule has 1 atom stereocenters. The van der Waals surface area contributed by atoms with Crippen LogP contribution >= 0.6 is 0 Å². The molecule has 8 heteroatoms. The van der Waals surface area contributed by atoms with Crippen LogP contribution in [-0.4, -0.2) is 30.6 Å². The smallest absolute Gasteiger partial charge is 0.250 e. The zero-order valence-electron chi connectivity index (χ0n) is 14.2. The van der Waals surface area contributed by atoms with Crippen molar-refractivity contribution in [1.29, 1.82) is 5.26 Å². The SMILES string of the molecule is CC(=O)N=S(=O)(CCCC#N)c1ccc2nn(-c3cccnc3)cc2c1. The average molecular weight is 367 g/mol. The summed E-state index contributed by atoms with van der Waals surface area (Å²) in [6.45, 7) is 1.28. The highest BCUT2D eigenvalue weighted by molar-refractivity contribution is 7.94. The largest absolute Gasteiger partial charge is 0.272 e. The maximum Gasteiger partial charge on any atom is 0.250 e. The Bertz CT molecular complexity index is 1110. The number of benzene rings is 1. The lowest BCUT2D eigenvalue weighted by atomic mass is 10.3. The number of hydrogen-bond donors (Lipinski definition) is 0. The number of nitrogens with zero attached hydrogens (tertiary/aromatic N) is 5. The highest BCUT2D eigenvalue weighted by atomic mass is 32.2. The predicted molar refractivity (Wildman–Crippen MR) is 98.1 cm³/mol. The van der Waals surface area contributed by atoms with Gasteiger partial charge in [0.2, 0.25) is 0 Å². The number of carbonyl (C=O) groups is 1. The number of unbranched alkanes of at least 4 members (excludes halogenated alkanes) is 1. The summed E-state index contributed by atoms with van der Waals surface area (Å²) in [5.41, 5.74) is 1.55. The number of pyridine rings is 1. The molecular weight excluding hydrogens is 350 g/mol. The van der Waals surface area contributed by atoms with Crippen LogP contribution in [0.25, 0.3) is 16.6 Å². The minimum absolute atomic E-state index is 0.169. The average Bonchev–Trinajstić information content (AvgIpc) is 3.05. The number of rotatable bonds is 5. The molecular formula is C18H17N5O2S. The number of nitriles is 1. The molecule has 1 aromatic carbocycles.